The molecule has 0 fully saturated rings. The van der Waals surface area contributed by atoms with Crippen molar-refractivity contribution in [2.24, 2.45) is 5.73 Å². The minimum Gasteiger partial charge on any atom is -0.450 e. The highest BCUT2D eigenvalue weighted by Gasteiger charge is 2.19. The molecular weight excluding hydrogens is 367 g/mol. The van der Waals surface area contributed by atoms with Gasteiger partial charge in [0.2, 0.25) is 11.7 Å². The Labute approximate surface area is 158 Å². The van der Waals surface area contributed by atoms with Gasteiger partial charge in [0, 0.05) is 22.8 Å². The Morgan fingerprint density at radius 1 is 0.893 bits per heavy atom. The van der Waals surface area contributed by atoms with Crippen molar-refractivity contribution in [1.29, 1.82) is 0 Å². The van der Waals surface area contributed by atoms with Crippen molar-refractivity contribution in [1.82, 2.24) is 0 Å². The van der Waals surface area contributed by atoms with Crippen LogP contribution >= 0.6 is 0 Å². The Kier molecular flexibility index (Phi) is 5.12. The molecule has 0 atom stereocenters. The molecule has 3 aromatic rings. The molecule has 0 bridgehead atoms. The monoisotopic (exact) mass is 380 g/mol. The molecule has 1 amide bonds. The van der Waals surface area contributed by atoms with Crippen LogP contribution in [0, 0.1) is 15.9 Å². The van der Waals surface area contributed by atoms with E-state index in [2.05, 4.69) is 0 Å². The first-order valence-corrected chi connectivity index (χ1v) is 8.01. The van der Waals surface area contributed by atoms with Crippen molar-refractivity contribution in [3.8, 4) is 11.5 Å². The summed E-state index contributed by atoms with van der Waals surface area (Å²) in [6.45, 7) is 0. The lowest BCUT2D eigenvalue weighted by Crippen LogP contribution is -2.11. The SMILES string of the molecule is NC(=O)c1ccc(Oc2ccc(C(=O)c3ccc(F)cc3)cc2)c([N+](=O)[O-])c1. The van der Waals surface area contributed by atoms with Crippen molar-refractivity contribution in [2.75, 3.05) is 0 Å². The van der Waals surface area contributed by atoms with Gasteiger partial charge >= 0.3 is 5.69 Å². The second kappa shape index (κ2) is 7.67. The zero-order valence-corrected chi connectivity index (χ0v) is 14.3. The highest BCUT2D eigenvalue weighted by atomic mass is 19.1. The number of nitrogens with zero attached hydrogens (tertiary/aromatic N) is 1. The first-order valence-electron chi connectivity index (χ1n) is 8.01. The number of benzene rings is 3. The number of ketones is 1. The molecule has 8 heteroatoms. The van der Waals surface area contributed by atoms with Crippen LogP contribution in [-0.2, 0) is 0 Å². The fourth-order valence-corrected chi connectivity index (χ4v) is 2.47. The minimum atomic E-state index is -0.793. The van der Waals surface area contributed by atoms with Gasteiger partial charge < -0.3 is 10.5 Å². The fourth-order valence-electron chi connectivity index (χ4n) is 2.47. The van der Waals surface area contributed by atoms with Crippen LogP contribution in [0.25, 0.3) is 0 Å². The van der Waals surface area contributed by atoms with Gasteiger partial charge in [-0.1, -0.05) is 0 Å². The molecule has 0 saturated carbocycles. The number of amides is 1. The van der Waals surface area contributed by atoms with Gasteiger partial charge in [-0.25, -0.2) is 4.39 Å². The second-order valence-electron chi connectivity index (χ2n) is 5.77. The zero-order valence-electron chi connectivity index (χ0n) is 14.3. The van der Waals surface area contributed by atoms with Crippen molar-refractivity contribution in [2.45, 2.75) is 0 Å². The molecule has 140 valence electrons. The van der Waals surface area contributed by atoms with E-state index in [1.807, 2.05) is 0 Å². The summed E-state index contributed by atoms with van der Waals surface area (Å²) in [5.41, 5.74) is 5.37. The molecule has 0 aliphatic heterocycles. The van der Waals surface area contributed by atoms with E-state index < -0.39 is 22.3 Å². The van der Waals surface area contributed by atoms with Crippen molar-refractivity contribution in [3.63, 3.8) is 0 Å². The third-order valence-corrected chi connectivity index (χ3v) is 3.89. The van der Waals surface area contributed by atoms with Crippen LogP contribution in [0.5, 0.6) is 11.5 Å². The van der Waals surface area contributed by atoms with Crippen LogP contribution in [0.15, 0.2) is 66.7 Å². The van der Waals surface area contributed by atoms with Gasteiger partial charge in [0.15, 0.2) is 5.78 Å². The molecule has 0 aliphatic rings. The minimum absolute atomic E-state index is 0.0145. The van der Waals surface area contributed by atoms with Gasteiger partial charge in [-0.15, -0.1) is 0 Å². The molecule has 7 nitrogen and oxygen atoms in total. The van der Waals surface area contributed by atoms with Crippen LogP contribution in [0.4, 0.5) is 10.1 Å². The number of nitrogens with two attached hydrogens (primary N) is 1. The third-order valence-electron chi connectivity index (χ3n) is 3.89. The number of nitro benzene ring substituents is 1. The summed E-state index contributed by atoms with van der Waals surface area (Å²) >= 11 is 0. The summed E-state index contributed by atoms with van der Waals surface area (Å²) < 4.78 is 18.5. The van der Waals surface area contributed by atoms with E-state index in [-0.39, 0.29) is 22.8 Å². The summed E-state index contributed by atoms with van der Waals surface area (Å²) in [4.78, 5) is 34.1. The topological polar surface area (TPSA) is 113 Å². The molecule has 0 spiro atoms. The molecule has 3 aromatic carbocycles. The number of rotatable bonds is 6. The first kappa shape index (κ1) is 18.7. The predicted octanol–water partition coefficient (Wildman–Crippen LogP) is 3.86. The van der Waals surface area contributed by atoms with Crippen molar-refractivity contribution >= 4 is 17.4 Å². The first-order chi connectivity index (χ1) is 13.3. The average Bonchev–Trinajstić information content (AvgIpc) is 2.68. The van der Waals surface area contributed by atoms with Crippen molar-refractivity contribution in [3.05, 3.63) is 99.4 Å². The quantitative estimate of drug-likeness (QED) is 0.396. The number of ether oxygens (including phenoxy) is 1. The number of hydrogen-bond donors (Lipinski definition) is 1. The van der Waals surface area contributed by atoms with E-state index in [9.17, 15) is 24.1 Å². The fraction of sp³-hybridized carbons (Fsp3) is 0. The highest BCUT2D eigenvalue weighted by molar-refractivity contribution is 6.09. The summed E-state index contributed by atoms with van der Waals surface area (Å²) in [6.07, 6.45) is 0. The van der Waals surface area contributed by atoms with Gasteiger partial charge in [-0.05, 0) is 60.7 Å². The average molecular weight is 380 g/mol. The molecular formula is C20H13FN2O5. The van der Waals surface area contributed by atoms with Gasteiger partial charge in [0.25, 0.3) is 0 Å². The van der Waals surface area contributed by atoms with Crippen LogP contribution in [0.2, 0.25) is 0 Å². The smallest absolute Gasteiger partial charge is 0.312 e. The third kappa shape index (κ3) is 4.01. The van der Waals surface area contributed by atoms with E-state index >= 15 is 0 Å². The van der Waals surface area contributed by atoms with Crippen LogP contribution < -0.4 is 10.5 Å². The Hall–Kier alpha value is -4.07. The zero-order chi connectivity index (χ0) is 20.3. The highest BCUT2D eigenvalue weighted by Crippen LogP contribution is 2.32. The molecule has 0 aliphatic carbocycles. The second-order valence-corrected chi connectivity index (χ2v) is 5.77. The largest absolute Gasteiger partial charge is 0.450 e. The summed E-state index contributed by atoms with van der Waals surface area (Å²) in [5.74, 6) is -1.36. The Bertz CT molecular complexity index is 1060. The Balaban J connectivity index is 1.83. The molecule has 2 N–H and O–H groups in total. The number of carbonyl (C=O) groups is 2. The number of carbonyl (C=O) groups excluding carboxylic acids is 2. The summed E-state index contributed by atoms with van der Waals surface area (Å²) in [7, 11) is 0. The van der Waals surface area contributed by atoms with Gasteiger partial charge in [0.1, 0.15) is 11.6 Å². The Morgan fingerprint density at radius 2 is 1.43 bits per heavy atom. The molecule has 0 saturated heterocycles. The van der Waals surface area contributed by atoms with Gasteiger partial charge in [-0.3, -0.25) is 19.7 Å². The lowest BCUT2D eigenvalue weighted by molar-refractivity contribution is -0.385. The molecule has 0 unspecified atom stereocenters. The van der Waals surface area contributed by atoms with E-state index in [1.54, 1.807) is 0 Å². The summed E-state index contributed by atoms with van der Waals surface area (Å²) in [5, 5.41) is 11.2. The maximum atomic E-state index is 13.0. The summed E-state index contributed by atoms with van der Waals surface area (Å²) in [6, 6.07) is 14.7. The predicted molar refractivity (Wildman–Crippen MR) is 98.0 cm³/mol. The van der Waals surface area contributed by atoms with E-state index in [0.717, 1.165) is 6.07 Å². The lowest BCUT2D eigenvalue weighted by atomic mass is 10.0. The van der Waals surface area contributed by atoms with Gasteiger partial charge in [0.05, 0.1) is 4.92 Å². The number of primary amides is 1. The molecule has 0 aromatic heterocycles. The van der Waals surface area contributed by atoms with Crippen LogP contribution in [-0.4, -0.2) is 16.6 Å². The van der Waals surface area contributed by atoms with Crippen molar-refractivity contribution < 1.29 is 23.6 Å². The molecule has 28 heavy (non-hydrogen) atoms. The van der Waals surface area contributed by atoms with E-state index in [0.29, 0.717) is 11.1 Å². The van der Waals surface area contributed by atoms with Crippen LogP contribution in [0.1, 0.15) is 26.3 Å². The molecule has 0 heterocycles. The lowest BCUT2D eigenvalue weighted by Gasteiger charge is -2.08. The van der Waals surface area contributed by atoms with Gasteiger partial charge in [-0.2, -0.15) is 0 Å². The maximum Gasteiger partial charge on any atom is 0.312 e. The normalized spacial score (nSPS) is 10.3. The number of nitro groups is 1. The molecule has 0 radical (unpaired) electrons. The maximum absolute atomic E-state index is 13.0. The Morgan fingerprint density at radius 3 is 1.96 bits per heavy atom. The van der Waals surface area contributed by atoms with E-state index in [1.165, 1.54) is 60.7 Å². The number of halogens is 1. The van der Waals surface area contributed by atoms with Crippen LogP contribution in [0.3, 0.4) is 0 Å². The number of hydrogen-bond acceptors (Lipinski definition) is 5. The van der Waals surface area contributed by atoms with E-state index in [4.69, 9.17) is 10.5 Å². The standard InChI is InChI=1S/C20H13FN2O5/c21-15-6-1-12(2-7-15)19(24)13-3-8-16(9-4-13)28-18-10-5-14(20(22)25)11-17(18)23(26)27/h1-11H,(H2,22,25). The molecule has 3 rings (SSSR count).